The van der Waals surface area contributed by atoms with Crippen LogP contribution in [0.5, 0.6) is 5.75 Å². The van der Waals surface area contributed by atoms with E-state index in [9.17, 15) is 18.0 Å². The largest absolute Gasteiger partial charge is 0.497 e. The Hall–Kier alpha value is -3.07. The standard InChI is InChI=1S/C21H26N2O6S/c1-5-19(23(30(4,26)27)15-11-13-16(28-3)14-12-15)20(24)22-18-10-8-7-9-17(18)21(25)29-6-2/h7-14,19H,5-6H2,1-4H3,(H,22,24). The highest BCUT2D eigenvalue weighted by Crippen LogP contribution is 2.26. The van der Waals surface area contributed by atoms with Gasteiger partial charge in [0.1, 0.15) is 11.8 Å². The highest BCUT2D eigenvalue weighted by molar-refractivity contribution is 7.92. The summed E-state index contributed by atoms with van der Waals surface area (Å²) in [6.07, 6.45) is 1.26. The van der Waals surface area contributed by atoms with E-state index in [0.717, 1.165) is 10.6 Å². The molecule has 0 spiro atoms. The molecule has 0 saturated heterocycles. The summed E-state index contributed by atoms with van der Waals surface area (Å²) in [6, 6.07) is 11.8. The quantitative estimate of drug-likeness (QED) is 0.609. The molecule has 1 atom stereocenters. The predicted octanol–water partition coefficient (Wildman–Crippen LogP) is 3.06. The third-order valence-electron chi connectivity index (χ3n) is 4.34. The molecule has 1 unspecified atom stereocenters. The van der Waals surface area contributed by atoms with Gasteiger partial charge in [-0.1, -0.05) is 19.1 Å². The summed E-state index contributed by atoms with van der Waals surface area (Å²) >= 11 is 0. The van der Waals surface area contributed by atoms with Gasteiger partial charge in [0.15, 0.2) is 0 Å². The molecule has 1 N–H and O–H groups in total. The first-order valence-electron chi connectivity index (χ1n) is 9.43. The fraction of sp³-hybridized carbons (Fsp3) is 0.333. The van der Waals surface area contributed by atoms with Gasteiger partial charge in [-0.2, -0.15) is 0 Å². The Morgan fingerprint density at radius 3 is 2.23 bits per heavy atom. The van der Waals surface area contributed by atoms with E-state index in [-0.39, 0.29) is 24.3 Å². The molecule has 0 heterocycles. The van der Waals surface area contributed by atoms with E-state index in [1.165, 1.54) is 13.2 Å². The lowest BCUT2D eigenvalue weighted by atomic mass is 10.1. The number of carbonyl (C=O) groups excluding carboxylic acids is 2. The van der Waals surface area contributed by atoms with Gasteiger partial charge in [0.25, 0.3) is 0 Å². The number of rotatable bonds is 9. The third-order valence-corrected chi connectivity index (χ3v) is 5.52. The van der Waals surface area contributed by atoms with E-state index in [4.69, 9.17) is 9.47 Å². The number of hydrogen-bond donors (Lipinski definition) is 1. The number of carbonyl (C=O) groups is 2. The van der Waals surface area contributed by atoms with Crippen LogP contribution in [0.1, 0.15) is 30.6 Å². The molecule has 0 aromatic heterocycles. The van der Waals surface area contributed by atoms with Gasteiger partial charge in [-0.15, -0.1) is 0 Å². The summed E-state index contributed by atoms with van der Waals surface area (Å²) in [5, 5.41) is 2.68. The van der Waals surface area contributed by atoms with E-state index in [1.807, 2.05) is 0 Å². The Bertz CT molecular complexity index is 989. The zero-order valence-electron chi connectivity index (χ0n) is 17.4. The number of ether oxygens (including phenoxy) is 2. The number of esters is 1. The second-order valence-corrected chi connectivity index (χ2v) is 8.30. The summed E-state index contributed by atoms with van der Waals surface area (Å²) in [6.45, 7) is 3.59. The molecule has 0 aliphatic heterocycles. The third kappa shape index (κ3) is 5.50. The summed E-state index contributed by atoms with van der Waals surface area (Å²) in [5.41, 5.74) is 0.777. The van der Waals surface area contributed by atoms with Crippen molar-refractivity contribution in [3.05, 3.63) is 54.1 Å². The minimum atomic E-state index is -3.78. The van der Waals surface area contributed by atoms with E-state index in [0.29, 0.717) is 11.4 Å². The minimum Gasteiger partial charge on any atom is -0.497 e. The normalized spacial score (nSPS) is 12.0. The average molecular weight is 435 g/mol. The molecule has 30 heavy (non-hydrogen) atoms. The number of benzene rings is 2. The lowest BCUT2D eigenvalue weighted by molar-refractivity contribution is -0.117. The van der Waals surface area contributed by atoms with Crippen LogP contribution in [-0.2, 0) is 19.6 Å². The fourth-order valence-corrected chi connectivity index (χ4v) is 4.20. The molecule has 0 fully saturated rings. The summed E-state index contributed by atoms with van der Waals surface area (Å²) < 4.78 is 36.3. The van der Waals surface area contributed by atoms with Crippen molar-refractivity contribution in [1.29, 1.82) is 0 Å². The van der Waals surface area contributed by atoms with Gasteiger partial charge in [0.05, 0.1) is 36.9 Å². The van der Waals surface area contributed by atoms with Crippen molar-refractivity contribution < 1.29 is 27.5 Å². The number of nitrogens with zero attached hydrogens (tertiary/aromatic N) is 1. The Kier molecular flexibility index (Phi) is 7.82. The zero-order valence-corrected chi connectivity index (χ0v) is 18.2. The maximum atomic E-state index is 13.1. The maximum Gasteiger partial charge on any atom is 0.340 e. The topological polar surface area (TPSA) is 102 Å². The van der Waals surface area contributed by atoms with Crippen LogP contribution in [0.25, 0.3) is 0 Å². The number of amides is 1. The molecule has 9 heteroatoms. The Balaban J connectivity index is 2.38. The SMILES string of the molecule is CCOC(=O)c1ccccc1NC(=O)C(CC)N(c1ccc(OC)cc1)S(C)(=O)=O. The van der Waals surface area contributed by atoms with E-state index in [2.05, 4.69) is 5.32 Å². The van der Waals surface area contributed by atoms with Crippen molar-refractivity contribution in [2.75, 3.05) is 29.6 Å². The van der Waals surface area contributed by atoms with Crippen LogP contribution in [0, 0.1) is 0 Å². The Labute approximate surface area is 176 Å². The first-order valence-corrected chi connectivity index (χ1v) is 11.3. The van der Waals surface area contributed by atoms with Crippen molar-refractivity contribution in [3.63, 3.8) is 0 Å². The van der Waals surface area contributed by atoms with Gasteiger partial charge in [-0.05, 0) is 49.7 Å². The molecule has 2 rings (SSSR count). The molecular weight excluding hydrogens is 408 g/mol. The van der Waals surface area contributed by atoms with Crippen LogP contribution in [0.2, 0.25) is 0 Å². The first-order chi connectivity index (χ1) is 14.2. The fourth-order valence-electron chi connectivity index (χ4n) is 2.98. The molecule has 0 radical (unpaired) electrons. The number of hydrogen-bond acceptors (Lipinski definition) is 6. The van der Waals surface area contributed by atoms with E-state index in [1.54, 1.807) is 56.3 Å². The van der Waals surface area contributed by atoms with Crippen molar-refractivity contribution >= 4 is 33.3 Å². The van der Waals surface area contributed by atoms with Crippen molar-refractivity contribution in [1.82, 2.24) is 0 Å². The summed E-state index contributed by atoms with van der Waals surface area (Å²) in [4.78, 5) is 25.2. The van der Waals surface area contributed by atoms with Crippen molar-refractivity contribution in [3.8, 4) is 5.75 Å². The van der Waals surface area contributed by atoms with Gasteiger partial charge < -0.3 is 14.8 Å². The smallest absolute Gasteiger partial charge is 0.340 e. The number of nitrogens with one attached hydrogen (secondary N) is 1. The zero-order chi connectivity index (χ0) is 22.3. The highest BCUT2D eigenvalue weighted by atomic mass is 32.2. The monoisotopic (exact) mass is 434 g/mol. The van der Waals surface area contributed by atoms with Gasteiger partial charge in [-0.3, -0.25) is 9.10 Å². The molecule has 0 saturated carbocycles. The van der Waals surface area contributed by atoms with Crippen LogP contribution in [-0.4, -0.2) is 46.3 Å². The highest BCUT2D eigenvalue weighted by Gasteiger charge is 2.32. The van der Waals surface area contributed by atoms with E-state index >= 15 is 0 Å². The van der Waals surface area contributed by atoms with Crippen LogP contribution in [0.15, 0.2) is 48.5 Å². The van der Waals surface area contributed by atoms with Crippen LogP contribution in [0.4, 0.5) is 11.4 Å². The number of sulfonamides is 1. The summed E-state index contributed by atoms with van der Waals surface area (Å²) in [5.74, 6) is -0.569. The predicted molar refractivity (Wildman–Crippen MR) is 115 cm³/mol. The van der Waals surface area contributed by atoms with Crippen LogP contribution >= 0.6 is 0 Å². The average Bonchev–Trinajstić information content (AvgIpc) is 2.71. The maximum absolute atomic E-state index is 13.1. The molecule has 8 nitrogen and oxygen atoms in total. The minimum absolute atomic E-state index is 0.192. The molecule has 0 aliphatic carbocycles. The van der Waals surface area contributed by atoms with Crippen molar-refractivity contribution in [2.45, 2.75) is 26.3 Å². The first kappa shape index (κ1) is 23.2. The Morgan fingerprint density at radius 1 is 1.07 bits per heavy atom. The number of methoxy groups -OCH3 is 1. The van der Waals surface area contributed by atoms with Crippen molar-refractivity contribution in [2.24, 2.45) is 0 Å². The molecule has 2 aromatic rings. The van der Waals surface area contributed by atoms with Gasteiger partial charge >= 0.3 is 5.97 Å². The van der Waals surface area contributed by atoms with Gasteiger partial charge in [-0.25, -0.2) is 13.2 Å². The number of anilines is 2. The second-order valence-electron chi connectivity index (χ2n) is 6.44. The lowest BCUT2D eigenvalue weighted by Crippen LogP contribution is -2.47. The number of para-hydroxylation sites is 1. The second kappa shape index (κ2) is 10.1. The molecule has 162 valence electrons. The molecule has 0 aliphatic rings. The Morgan fingerprint density at radius 2 is 1.70 bits per heavy atom. The van der Waals surface area contributed by atoms with E-state index < -0.39 is 27.9 Å². The lowest BCUT2D eigenvalue weighted by Gasteiger charge is -2.30. The molecular formula is C21H26N2O6S. The van der Waals surface area contributed by atoms with Crippen LogP contribution in [0.3, 0.4) is 0 Å². The molecule has 2 aromatic carbocycles. The van der Waals surface area contributed by atoms with Gasteiger partial charge in [0.2, 0.25) is 15.9 Å². The molecule has 0 bridgehead atoms. The van der Waals surface area contributed by atoms with Crippen LogP contribution < -0.4 is 14.4 Å². The molecule has 1 amide bonds. The van der Waals surface area contributed by atoms with Gasteiger partial charge in [0, 0.05) is 0 Å². The summed E-state index contributed by atoms with van der Waals surface area (Å²) in [7, 11) is -2.27.